The second-order valence-electron chi connectivity index (χ2n) is 7.33. The predicted octanol–water partition coefficient (Wildman–Crippen LogP) is 4.53. The summed E-state index contributed by atoms with van der Waals surface area (Å²) in [5.41, 5.74) is 2.12. The first kappa shape index (κ1) is 16.4. The monoisotopic (exact) mass is 325 g/mol. The van der Waals surface area contributed by atoms with Crippen LogP contribution in [0.3, 0.4) is 0 Å². The minimum absolute atomic E-state index is 0.319. The highest BCUT2D eigenvalue weighted by Gasteiger charge is 2.46. The van der Waals surface area contributed by atoms with E-state index >= 15 is 0 Å². The van der Waals surface area contributed by atoms with Crippen molar-refractivity contribution in [2.75, 3.05) is 6.54 Å². The largest absolute Gasteiger partial charge is 0.403 e. The highest BCUT2D eigenvalue weighted by molar-refractivity contribution is 6.69. The second-order valence-corrected chi connectivity index (χ2v) is 11.8. The molecule has 0 radical (unpaired) electrons. The van der Waals surface area contributed by atoms with E-state index in [1.165, 1.54) is 17.5 Å². The average molecular weight is 326 g/mol. The van der Waals surface area contributed by atoms with Crippen LogP contribution in [0.2, 0.25) is 19.6 Å². The van der Waals surface area contributed by atoms with E-state index in [-0.39, 0.29) is 0 Å². The topological polar surface area (TPSA) is 21.3 Å². The molecule has 1 aliphatic heterocycles. The molecule has 2 aromatic rings. The molecule has 1 heterocycles. The van der Waals surface area contributed by atoms with Crippen LogP contribution in [-0.4, -0.2) is 20.9 Å². The fourth-order valence-electron chi connectivity index (χ4n) is 3.64. The summed E-state index contributed by atoms with van der Waals surface area (Å²) >= 11 is 0. The van der Waals surface area contributed by atoms with Crippen molar-refractivity contribution >= 4 is 8.32 Å². The van der Waals surface area contributed by atoms with Gasteiger partial charge in [0.15, 0.2) is 8.32 Å². The molecule has 122 valence electrons. The molecule has 1 unspecified atom stereocenters. The number of hydrogen-bond acceptors (Lipinski definition) is 2. The van der Waals surface area contributed by atoms with Crippen molar-refractivity contribution in [2.45, 2.75) is 44.1 Å². The number of hydrogen-bond donors (Lipinski definition) is 1. The van der Waals surface area contributed by atoms with Gasteiger partial charge < -0.3 is 9.74 Å². The standard InChI is InChI=1S/C20H27NOSi/c1-23(2,3)22-20(19-15-10-16-21-19,17-11-6-4-7-12-17)18-13-8-5-9-14-18/h4-9,11-14,19,21H,10,15-16H2,1-3H3. The lowest BCUT2D eigenvalue weighted by Crippen LogP contribution is -2.53. The fourth-order valence-corrected chi connectivity index (χ4v) is 4.99. The van der Waals surface area contributed by atoms with Crippen LogP contribution in [0.15, 0.2) is 60.7 Å². The lowest BCUT2D eigenvalue weighted by molar-refractivity contribution is 0.0639. The minimum Gasteiger partial charge on any atom is -0.403 e. The zero-order valence-electron chi connectivity index (χ0n) is 14.4. The van der Waals surface area contributed by atoms with Crippen molar-refractivity contribution in [3.05, 3.63) is 71.8 Å². The number of rotatable bonds is 5. The predicted molar refractivity (Wildman–Crippen MR) is 99.1 cm³/mol. The summed E-state index contributed by atoms with van der Waals surface area (Å²) < 4.78 is 6.96. The van der Waals surface area contributed by atoms with Gasteiger partial charge in [-0.05, 0) is 50.2 Å². The van der Waals surface area contributed by atoms with Crippen molar-refractivity contribution in [3.8, 4) is 0 Å². The van der Waals surface area contributed by atoms with E-state index in [1.54, 1.807) is 0 Å². The molecule has 0 spiro atoms. The summed E-state index contributed by atoms with van der Waals surface area (Å²) in [6.07, 6.45) is 2.36. The lowest BCUT2D eigenvalue weighted by atomic mass is 9.79. The van der Waals surface area contributed by atoms with Gasteiger partial charge in [0, 0.05) is 6.04 Å². The number of benzene rings is 2. The Kier molecular flexibility index (Phi) is 4.71. The van der Waals surface area contributed by atoms with E-state index < -0.39 is 13.9 Å². The van der Waals surface area contributed by atoms with Gasteiger partial charge in [-0.1, -0.05) is 60.7 Å². The maximum Gasteiger partial charge on any atom is 0.185 e. The molecule has 0 amide bonds. The third-order valence-corrected chi connectivity index (χ3v) is 5.36. The molecule has 23 heavy (non-hydrogen) atoms. The van der Waals surface area contributed by atoms with E-state index in [0.717, 1.165) is 13.0 Å². The summed E-state index contributed by atoms with van der Waals surface area (Å²) in [6, 6.07) is 21.8. The Morgan fingerprint density at radius 2 is 1.43 bits per heavy atom. The Labute approximate surface area is 141 Å². The van der Waals surface area contributed by atoms with Crippen molar-refractivity contribution < 1.29 is 4.43 Å². The molecule has 0 bridgehead atoms. The van der Waals surface area contributed by atoms with Gasteiger partial charge in [0.1, 0.15) is 5.60 Å². The first-order valence-electron chi connectivity index (χ1n) is 8.57. The summed E-state index contributed by atoms with van der Waals surface area (Å²) in [4.78, 5) is 0. The van der Waals surface area contributed by atoms with Crippen LogP contribution in [0.4, 0.5) is 0 Å². The molecule has 3 heteroatoms. The highest BCUT2D eigenvalue weighted by atomic mass is 28.4. The summed E-state index contributed by atoms with van der Waals surface area (Å²) in [7, 11) is -1.77. The van der Waals surface area contributed by atoms with Crippen molar-refractivity contribution in [3.63, 3.8) is 0 Å². The van der Waals surface area contributed by atoms with E-state index in [1.807, 2.05) is 0 Å². The van der Waals surface area contributed by atoms with E-state index in [0.29, 0.717) is 6.04 Å². The average Bonchev–Trinajstić information content (AvgIpc) is 3.08. The first-order valence-corrected chi connectivity index (χ1v) is 12.0. The van der Waals surface area contributed by atoms with Crippen LogP contribution in [0.5, 0.6) is 0 Å². The van der Waals surface area contributed by atoms with E-state index in [9.17, 15) is 0 Å². The molecule has 3 rings (SSSR count). The Hall–Kier alpha value is -1.42. The summed E-state index contributed by atoms with van der Waals surface area (Å²) in [6.45, 7) is 7.91. The fraction of sp³-hybridized carbons (Fsp3) is 0.400. The van der Waals surface area contributed by atoms with Crippen LogP contribution in [0.1, 0.15) is 24.0 Å². The molecule has 1 aliphatic rings. The summed E-state index contributed by atoms with van der Waals surface area (Å²) in [5, 5.41) is 3.71. The van der Waals surface area contributed by atoms with Crippen molar-refractivity contribution in [1.29, 1.82) is 0 Å². The van der Waals surface area contributed by atoms with Gasteiger partial charge in [0.2, 0.25) is 0 Å². The van der Waals surface area contributed by atoms with Gasteiger partial charge in [-0.25, -0.2) is 0 Å². The zero-order valence-corrected chi connectivity index (χ0v) is 15.4. The Morgan fingerprint density at radius 3 is 1.83 bits per heavy atom. The molecular weight excluding hydrogens is 298 g/mol. The maximum absolute atomic E-state index is 6.96. The van der Waals surface area contributed by atoms with Crippen LogP contribution in [-0.2, 0) is 10.0 Å². The van der Waals surface area contributed by atoms with Gasteiger partial charge >= 0.3 is 0 Å². The molecule has 0 saturated carbocycles. The van der Waals surface area contributed by atoms with Crippen LogP contribution in [0.25, 0.3) is 0 Å². The van der Waals surface area contributed by atoms with Gasteiger partial charge in [-0.15, -0.1) is 0 Å². The maximum atomic E-state index is 6.96. The molecule has 1 fully saturated rings. The first-order chi connectivity index (χ1) is 11.0. The SMILES string of the molecule is C[Si](C)(C)OC(c1ccccc1)(c1ccccc1)C1CCCN1. The zero-order chi connectivity index (χ0) is 16.3. The molecule has 2 aromatic carbocycles. The third kappa shape index (κ3) is 3.42. The highest BCUT2D eigenvalue weighted by Crippen LogP contribution is 2.42. The Morgan fingerprint density at radius 1 is 0.913 bits per heavy atom. The van der Waals surface area contributed by atoms with E-state index in [4.69, 9.17) is 4.43 Å². The molecule has 1 saturated heterocycles. The second kappa shape index (κ2) is 6.60. The summed E-state index contributed by atoms with van der Waals surface area (Å²) in [5.74, 6) is 0. The molecule has 0 aliphatic carbocycles. The molecule has 0 aromatic heterocycles. The van der Waals surface area contributed by atoms with Gasteiger partial charge in [-0.3, -0.25) is 0 Å². The van der Waals surface area contributed by atoms with Crippen LogP contribution < -0.4 is 5.32 Å². The van der Waals surface area contributed by atoms with Crippen molar-refractivity contribution in [1.82, 2.24) is 5.32 Å². The van der Waals surface area contributed by atoms with Crippen LogP contribution in [0, 0.1) is 0 Å². The Bertz CT molecular complexity index is 576. The van der Waals surface area contributed by atoms with Gasteiger partial charge in [-0.2, -0.15) is 0 Å². The molecule has 2 nitrogen and oxygen atoms in total. The quantitative estimate of drug-likeness (QED) is 0.815. The molecular formula is C20H27NOSi. The molecule has 1 atom stereocenters. The minimum atomic E-state index is -1.77. The normalized spacial score (nSPS) is 19.0. The van der Waals surface area contributed by atoms with Crippen molar-refractivity contribution in [2.24, 2.45) is 0 Å². The third-order valence-electron chi connectivity index (χ3n) is 4.42. The van der Waals surface area contributed by atoms with Crippen LogP contribution >= 0.6 is 0 Å². The van der Waals surface area contributed by atoms with Gasteiger partial charge in [0.25, 0.3) is 0 Å². The number of nitrogens with one attached hydrogen (secondary N) is 1. The lowest BCUT2D eigenvalue weighted by Gasteiger charge is -2.44. The molecule has 1 N–H and O–H groups in total. The Balaban J connectivity index is 2.20. The van der Waals surface area contributed by atoms with Gasteiger partial charge in [0.05, 0.1) is 0 Å². The smallest absolute Gasteiger partial charge is 0.185 e. The van der Waals surface area contributed by atoms with E-state index in [2.05, 4.69) is 85.6 Å².